The van der Waals surface area contributed by atoms with Gasteiger partial charge in [0.25, 0.3) is 5.91 Å². The van der Waals surface area contributed by atoms with Crippen LogP contribution in [0.1, 0.15) is 27.7 Å². The summed E-state index contributed by atoms with van der Waals surface area (Å²) >= 11 is 0. The molecule has 0 unspecified atom stereocenters. The van der Waals surface area contributed by atoms with Crippen molar-refractivity contribution >= 4 is 36.5 Å². The molecule has 2 saturated heterocycles. The topological polar surface area (TPSA) is 48.5 Å². The standard InChI is InChI=1S/C21H24N4O.2ClH/c1-24-10-9-15-7-8-18(23-20(15)24)21(26)25-13-16-11-22-12-17(16)19(25)14-5-3-2-4-6-14;;/h2-8,16-17,19,22H,9-13H2,1H3;2*1H/t16-,17-,19-;;/m0../s1. The fraction of sp³-hybridized carbons (Fsp3) is 0.429. The summed E-state index contributed by atoms with van der Waals surface area (Å²) in [4.78, 5) is 22.3. The zero-order chi connectivity index (χ0) is 17.7. The molecule has 28 heavy (non-hydrogen) atoms. The molecule has 4 heterocycles. The van der Waals surface area contributed by atoms with Crippen molar-refractivity contribution in [2.24, 2.45) is 11.8 Å². The number of benzene rings is 1. The van der Waals surface area contributed by atoms with Crippen LogP contribution in [0.2, 0.25) is 0 Å². The molecule has 3 aliphatic rings. The fourth-order valence-electron chi connectivity index (χ4n) is 4.87. The van der Waals surface area contributed by atoms with E-state index >= 15 is 0 Å². The van der Waals surface area contributed by atoms with E-state index in [-0.39, 0.29) is 36.8 Å². The third-order valence-corrected chi connectivity index (χ3v) is 6.22. The number of carbonyl (C=O) groups excluding carboxylic acids is 1. The molecule has 1 N–H and O–H groups in total. The van der Waals surface area contributed by atoms with Crippen molar-refractivity contribution in [2.75, 3.05) is 38.1 Å². The number of pyridine rings is 1. The summed E-state index contributed by atoms with van der Waals surface area (Å²) in [6, 6.07) is 14.6. The van der Waals surface area contributed by atoms with E-state index in [0.29, 0.717) is 17.5 Å². The molecule has 7 heteroatoms. The van der Waals surface area contributed by atoms with Crippen molar-refractivity contribution < 1.29 is 4.79 Å². The summed E-state index contributed by atoms with van der Waals surface area (Å²) in [5.74, 6) is 2.05. The molecule has 2 fully saturated rings. The Hall–Kier alpha value is -1.82. The van der Waals surface area contributed by atoms with E-state index < -0.39 is 0 Å². The van der Waals surface area contributed by atoms with Gasteiger partial charge < -0.3 is 15.1 Å². The van der Waals surface area contributed by atoms with Crippen LogP contribution in [0.4, 0.5) is 5.82 Å². The number of nitrogens with one attached hydrogen (secondary N) is 1. The number of anilines is 1. The number of aromatic nitrogens is 1. The Balaban J connectivity index is 0.00000112. The summed E-state index contributed by atoms with van der Waals surface area (Å²) in [7, 11) is 2.05. The first-order chi connectivity index (χ1) is 12.7. The maximum absolute atomic E-state index is 13.4. The van der Waals surface area contributed by atoms with Gasteiger partial charge in [-0.2, -0.15) is 0 Å². The van der Waals surface area contributed by atoms with E-state index in [1.165, 1.54) is 11.1 Å². The summed E-state index contributed by atoms with van der Waals surface area (Å²) in [5, 5.41) is 3.50. The van der Waals surface area contributed by atoms with E-state index in [9.17, 15) is 4.79 Å². The third-order valence-electron chi connectivity index (χ3n) is 6.22. The fourth-order valence-corrected chi connectivity index (χ4v) is 4.87. The molecule has 3 aliphatic heterocycles. The maximum Gasteiger partial charge on any atom is 0.273 e. The highest BCUT2D eigenvalue weighted by Gasteiger charge is 2.47. The van der Waals surface area contributed by atoms with Gasteiger partial charge >= 0.3 is 0 Å². The number of halogens is 2. The van der Waals surface area contributed by atoms with Gasteiger partial charge in [-0.3, -0.25) is 4.79 Å². The minimum atomic E-state index is 0. The molecule has 0 spiro atoms. The average Bonchev–Trinajstić information content (AvgIpc) is 3.36. The first kappa shape index (κ1) is 20.9. The van der Waals surface area contributed by atoms with Gasteiger partial charge in [-0.25, -0.2) is 4.98 Å². The lowest BCUT2D eigenvalue weighted by Crippen LogP contribution is -2.35. The van der Waals surface area contributed by atoms with Gasteiger partial charge in [-0.1, -0.05) is 36.4 Å². The lowest BCUT2D eigenvalue weighted by Gasteiger charge is -2.28. The number of rotatable bonds is 2. The van der Waals surface area contributed by atoms with Crippen molar-refractivity contribution in [1.82, 2.24) is 15.2 Å². The molecule has 1 aromatic carbocycles. The second-order valence-corrected chi connectivity index (χ2v) is 7.75. The Morgan fingerprint density at radius 1 is 1.11 bits per heavy atom. The zero-order valence-electron chi connectivity index (χ0n) is 15.9. The number of hydrogen-bond acceptors (Lipinski definition) is 4. The molecule has 2 aromatic rings. The third kappa shape index (κ3) is 3.36. The maximum atomic E-state index is 13.4. The summed E-state index contributed by atoms with van der Waals surface area (Å²) in [6.45, 7) is 3.77. The quantitative estimate of drug-likeness (QED) is 0.810. The lowest BCUT2D eigenvalue weighted by atomic mass is 9.89. The Morgan fingerprint density at radius 3 is 2.68 bits per heavy atom. The van der Waals surface area contributed by atoms with E-state index in [4.69, 9.17) is 4.98 Å². The normalized spacial score (nSPS) is 25.0. The van der Waals surface area contributed by atoms with Gasteiger partial charge in [0.15, 0.2) is 0 Å². The summed E-state index contributed by atoms with van der Waals surface area (Å²) in [5.41, 5.74) is 3.05. The number of hydrogen-bond donors (Lipinski definition) is 1. The average molecular weight is 421 g/mol. The van der Waals surface area contributed by atoms with Crippen molar-refractivity contribution in [1.29, 1.82) is 0 Å². The molecule has 1 aromatic heterocycles. The van der Waals surface area contributed by atoms with Crippen LogP contribution in [-0.2, 0) is 6.42 Å². The van der Waals surface area contributed by atoms with Crippen LogP contribution in [0.3, 0.4) is 0 Å². The van der Waals surface area contributed by atoms with Crippen molar-refractivity contribution in [3.63, 3.8) is 0 Å². The molecule has 0 aliphatic carbocycles. The van der Waals surface area contributed by atoms with Gasteiger partial charge in [0.1, 0.15) is 11.5 Å². The first-order valence-electron chi connectivity index (χ1n) is 9.50. The number of amides is 1. The predicted molar refractivity (Wildman–Crippen MR) is 116 cm³/mol. The monoisotopic (exact) mass is 420 g/mol. The van der Waals surface area contributed by atoms with Crippen molar-refractivity contribution in [3.05, 3.63) is 59.3 Å². The van der Waals surface area contributed by atoms with Crippen LogP contribution in [0.25, 0.3) is 0 Å². The Morgan fingerprint density at radius 2 is 1.89 bits per heavy atom. The van der Waals surface area contributed by atoms with Gasteiger partial charge in [0.05, 0.1) is 6.04 Å². The minimum absolute atomic E-state index is 0. The van der Waals surface area contributed by atoms with E-state index in [1.807, 2.05) is 19.2 Å². The molecular weight excluding hydrogens is 395 g/mol. The van der Waals surface area contributed by atoms with Crippen LogP contribution in [0, 0.1) is 11.8 Å². The second kappa shape index (κ2) is 8.27. The Kier molecular flexibility index (Phi) is 6.18. The number of carbonyl (C=O) groups is 1. The SMILES string of the molecule is CN1CCc2ccc(C(=O)N3C[C@@H]4CNC[C@@H]4[C@@H]3c3ccccc3)nc21.Cl.Cl. The predicted octanol–water partition coefficient (Wildman–Crippen LogP) is 2.95. The molecule has 0 bridgehead atoms. The van der Waals surface area contributed by atoms with Gasteiger partial charge in [0, 0.05) is 39.1 Å². The highest BCUT2D eigenvalue weighted by atomic mass is 35.5. The first-order valence-corrected chi connectivity index (χ1v) is 9.50. The molecular formula is C21H26Cl2N4O. The number of fused-ring (bicyclic) bond motifs is 2. The molecule has 5 rings (SSSR count). The van der Waals surface area contributed by atoms with Crippen LogP contribution >= 0.6 is 24.8 Å². The number of likely N-dealkylation sites (N-methyl/N-ethyl adjacent to an activating group) is 1. The molecule has 0 radical (unpaired) electrons. The van der Waals surface area contributed by atoms with E-state index in [0.717, 1.165) is 38.4 Å². The molecule has 3 atom stereocenters. The highest BCUT2D eigenvalue weighted by molar-refractivity contribution is 5.93. The van der Waals surface area contributed by atoms with Crippen LogP contribution in [0.5, 0.6) is 0 Å². The molecule has 150 valence electrons. The zero-order valence-corrected chi connectivity index (χ0v) is 17.5. The molecule has 1 amide bonds. The van der Waals surface area contributed by atoms with Gasteiger partial charge in [0.2, 0.25) is 0 Å². The second-order valence-electron chi connectivity index (χ2n) is 7.75. The van der Waals surface area contributed by atoms with Crippen LogP contribution < -0.4 is 10.2 Å². The van der Waals surface area contributed by atoms with E-state index in [2.05, 4.69) is 45.4 Å². The number of nitrogens with zero attached hydrogens (tertiary/aromatic N) is 3. The summed E-state index contributed by atoms with van der Waals surface area (Å²) < 4.78 is 0. The highest BCUT2D eigenvalue weighted by Crippen LogP contribution is 2.43. The minimum Gasteiger partial charge on any atom is -0.359 e. The molecule has 5 nitrogen and oxygen atoms in total. The van der Waals surface area contributed by atoms with E-state index in [1.54, 1.807) is 0 Å². The largest absolute Gasteiger partial charge is 0.359 e. The smallest absolute Gasteiger partial charge is 0.273 e. The van der Waals surface area contributed by atoms with Crippen LogP contribution in [0.15, 0.2) is 42.5 Å². The van der Waals surface area contributed by atoms with Crippen LogP contribution in [-0.4, -0.2) is 49.0 Å². The van der Waals surface area contributed by atoms with Gasteiger partial charge in [-0.15, -0.1) is 24.8 Å². The van der Waals surface area contributed by atoms with Crippen molar-refractivity contribution in [2.45, 2.75) is 12.5 Å². The lowest BCUT2D eigenvalue weighted by molar-refractivity contribution is 0.0708. The Bertz CT molecular complexity index is 848. The summed E-state index contributed by atoms with van der Waals surface area (Å²) in [6.07, 6.45) is 1.01. The van der Waals surface area contributed by atoms with Crippen molar-refractivity contribution in [3.8, 4) is 0 Å². The van der Waals surface area contributed by atoms with Gasteiger partial charge in [-0.05, 0) is 29.5 Å². The molecule has 0 saturated carbocycles. The Labute approximate surface area is 178 Å². The number of likely N-dealkylation sites (tertiary alicyclic amines) is 1.